The highest BCUT2D eigenvalue weighted by atomic mass is 16.5. The first-order valence-electron chi connectivity index (χ1n) is 9.67. The molecule has 0 spiro atoms. The number of rotatable bonds is 7. The van der Waals surface area contributed by atoms with Gasteiger partial charge in [-0.2, -0.15) is 0 Å². The van der Waals surface area contributed by atoms with Crippen molar-refractivity contribution in [2.75, 3.05) is 12.4 Å². The van der Waals surface area contributed by atoms with Crippen LogP contribution in [-0.2, 0) is 6.61 Å². The molecule has 156 valence electrons. The zero-order valence-corrected chi connectivity index (χ0v) is 17.2. The van der Waals surface area contributed by atoms with E-state index in [0.29, 0.717) is 35.2 Å². The lowest BCUT2D eigenvalue weighted by Crippen LogP contribution is -2.13. The number of benzene rings is 3. The average Bonchev–Trinajstić information content (AvgIpc) is 3.34. The maximum atomic E-state index is 12.9. The lowest BCUT2D eigenvalue weighted by atomic mass is 10.1. The Hall–Kier alpha value is -4.13. The van der Waals surface area contributed by atoms with Gasteiger partial charge < -0.3 is 19.2 Å². The summed E-state index contributed by atoms with van der Waals surface area (Å²) in [7, 11) is 1.55. The van der Waals surface area contributed by atoms with E-state index in [9.17, 15) is 4.79 Å². The standard InChI is InChI=1S/C24H21N3O4/c1-16-8-9-19(24-27-25-15-31-24)12-20(16)26-23(28)18-10-11-21(22(13-18)29-2)30-14-17-6-4-3-5-7-17/h3-13,15H,14H2,1-2H3,(H,26,28). The van der Waals surface area contributed by atoms with Crippen molar-refractivity contribution >= 4 is 11.6 Å². The molecule has 1 aromatic heterocycles. The molecule has 0 atom stereocenters. The van der Waals surface area contributed by atoms with Crippen molar-refractivity contribution in [2.24, 2.45) is 0 Å². The first kappa shape index (κ1) is 20.2. The van der Waals surface area contributed by atoms with E-state index in [-0.39, 0.29) is 5.91 Å². The van der Waals surface area contributed by atoms with Gasteiger partial charge in [0.1, 0.15) is 6.61 Å². The summed E-state index contributed by atoms with van der Waals surface area (Å²) >= 11 is 0. The second kappa shape index (κ2) is 9.13. The van der Waals surface area contributed by atoms with E-state index < -0.39 is 0 Å². The number of ether oxygens (including phenoxy) is 2. The predicted octanol–water partition coefficient (Wildman–Crippen LogP) is 4.88. The molecule has 0 saturated heterocycles. The van der Waals surface area contributed by atoms with Gasteiger partial charge in [-0.25, -0.2) is 0 Å². The Morgan fingerprint density at radius 2 is 1.87 bits per heavy atom. The lowest BCUT2D eigenvalue weighted by Gasteiger charge is -2.13. The van der Waals surface area contributed by atoms with Crippen LogP contribution >= 0.6 is 0 Å². The van der Waals surface area contributed by atoms with E-state index in [2.05, 4.69) is 15.5 Å². The highest BCUT2D eigenvalue weighted by molar-refractivity contribution is 6.05. The first-order chi connectivity index (χ1) is 15.1. The number of hydrogen-bond donors (Lipinski definition) is 1. The molecule has 1 amide bonds. The smallest absolute Gasteiger partial charge is 0.255 e. The number of anilines is 1. The van der Waals surface area contributed by atoms with Crippen LogP contribution in [0.25, 0.3) is 11.5 Å². The summed E-state index contributed by atoms with van der Waals surface area (Å²) < 4.78 is 16.5. The minimum Gasteiger partial charge on any atom is -0.493 e. The van der Waals surface area contributed by atoms with Gasteiger partial charge in [0.05, 0.1) is 7.11 Å². The molecular weight excluding hydrogens is 394 g/mol. The number of aryl methyl sites for hydroxylation is 1. The number of amides is 1. The third-order valence-electron chi connectivity index (χ3n) is 4.76. The third kappa shape index (κ3) is 4.72. The highest BCUT2D eigenvalue weighted by Gasteiger charge is 2.14. The van der Waals surface area contributed by atoms with Crippen LogP contribution in [-0.4, -0.2) is 23.2 Å². The van der Waals surface area contributed by atoms with Gasteiger partial charge in [-0.05, 0) is 48.4 Å². The van der Waals surface area contributed by atoms with Crippen LogP contribution in [0.4, 0.5) is 5.69 Å². The molecule has 31 heavy (non-hydrogen) atoms. The Morgan fingerprint density at radius 3 is 2.61 bits per heavy atom. The maximum absolute atomic E-state index is 12.9. The highest BCUT2D eigenvalue weighted by Crippen LogP contribution is 2.30. The van der Waals surface area contributed by atoms with Gasteiger partial charge in [-0.3, -0.25) is 4.79 Å². The molecule has 0 bridgehead atoms. The molecule has 0 aliphatic carbocycles. The van der Waals surface area contributed by atoms with E-state index in [1.165, 1.54) is 6.39 Å². The Labute approximate surface area is 179 Å². The Bertz CT molecular complexity index is 1170. The van der Waals surface area contributed by atoms with Crippen LogP contribution in [0.1, 0.15) is 21.5 Å². The van der Waals surface area contributed by atoms with Gasteiger partial charge in [-0.1, -0.05) is 36.4 Å². The number of carbonyl (C=O) groups is 1. The summed E-state index contributed by atoms with van der Waals surface area (Å²) in [4.78, 5) is 12.9. The summed E-state index contributed by atoms with van der Waals surface area (Å²) in [6.45, 7) is 2.32. The van der Waals surface area contributed by atoms with Crippen molar-refractivity contribution in [3.8, 4) is 23.0 Å². The van der Waals surface area contributed by atoms with Crippen LogP contribution in [0, 0.1) is 6.92 Å². The largest absolute Gasteiger partial charge is 0.493 e. The fourth-order valence-electron chi connectivity index (χ4n) is 3.05. The van der Waals surface area contributed by atoms with Crippen LogP contribution in [0.2, 0.25) is 0 Å². The van der Waals surface area contributed by atoms with Crippen LogP contribution in [0.5, 0.6) is 11.5 Å². The van der Waals surface area contributed by atoms with Gasteiger partial charge in [0.25, 0.3) is 5.91 Å². The summed E-state index contributed by atoms with van der Waals surface area (Å²) in [6.07, 6.45) is 1.27. The molecule has 4 aromatic rings. The van der Waals surface area contributed by atoms with E-state index in [0.717, 1.165) is 16.7 Å². The molecule has 7 heteroatoms. The fourth-order valence-corrected chi connectivity index (χ4v) is 3.05. The Kier molecular flexibility index (Phi) is 5.93. The molecule has 1 N–H and O–H groups in total. The van der Waals surface area contributed by atoms with Gasteiger partial charge >= 0.3 is 0 Å². The first-order valence-corrected chi connectivity index (χ1v) is 9.67. The van der Waals surface area contributed by atoms with Crippen LogP contribution in [0.3, 0.4) is 0 Å². The van der Waals surface area contributed by atoms with Crippen molar-refractivity contribution in [2.45, 2.75) is 13.5 Å². The quantitative estimate of drug-likeness (QED) is 0.463. The second-order valence-electron chi connectivity index (χ2n) is 6.87. The molecule has 0 fully saturated rings. The Balaban J connectivity index is 1.50. The summed E-state index contributed by atoms with van der Waals surface area (Å²) in [6, 6.07) is 20.5. The third-order valence-corrected chi connectivity index (χ3v) is 4.76. The number of hydrogen-bond acceptors (Lipinski definition) is 6. The lowest BCUT2D eigenvalue weighted by molar-refractivity contribution is 0.102. The monoisotopic (exact) mass is 415 g/mol. The number of nitrogens with one attached hydrogen (secondary N) is 1. The summed E-state index contributed by atoms with van der Waals surface area (Å²) in [5, 5.41) is 10.5. The minimum absolute atomic E-state index is 0.265. The summed E-state index contributed by atoms with van der Waals surface area (Å²) in [5.41, 5.74) is 3.78. The molecule has 0 unspecified atom stereocenters. The molecular formula is C24H21N3O4. The van der Waals surface area contributed by atoms with Crippen molar-refractivity contribution in [3.63, 3.8) is 0 Å². The molecule has 0 aliphatic rings. The van der Waals surface area contributed by atoms with Gasteiger partial charge in [-0.15, -0.1) is 10.2 Å². The number of methoxy groups -OCH3 is 1. The van der Waals surface area contributed by atoms with E-state index >= 15 is 0 Å². The van der Waals surface area contributed by atoms with E-state index in [1.54, 1.807) is 31.4 Å². The number of carbonyl (C=O) groups excluding carboxylic acids is 1. The van der Waals surface area contributed by atoms with Crippen molar-refractivity contribution in [1.82, 2.24) is 10.2 Å². The van der Waals surface area contributed by atoms with Gasteiger partial charge in [0, 0.05) is 16.8 Å². The van der Waals surface area contributed by atoms with E-state index in [4.69, 9.17) is 13.9 Å². The molecule has 0 aliphatic heterocycles. The SMILES string of the molecule is COc1cc(C(=O)Nc2cc(-c3nnco3)ccc2C)ccc1OCc1ccccc1. The van der Waals surface area contributed by atoms with Crippen molar-refractivity contribution in [1.29, 1.82) is 0 Å². The average molecular weight is 415 g/mol. The zero-order valence-electron chi connectivity index (χ0n) is 17.2. The minimum atomic E-state index is -0.265. The van der Waals surface area contributed by atoms with Gasteiger partial charge in [0.15, 0.2) is 11.5 Å². The molecule has 1 heterocycles. The number of aromatic nitrogens is 2. The van der Waals surface area contributed by atoms with Crippen molar-refractivity contribution < 1.29 is 18.7 Å². The zero-order chi connectivity index (χ0) is 21.6. The topological polar surface area (TPSA) is 86.5 Å². The Morgan fingerprint density at radius 1 is 1.03 bits per heavy atom. The maximum Gasteiger partial charge on any atom is 0.255 e. The normalized spacial score (nSPS) is 10.5. The second-order valence-corrected chi connectivity index (χ2v) is 6.87. The van der Waals surface area contributed by atoms with E-state index in [1.807, 2.05) is 49.4 Å². The van der Waals surface area contributed by atoms with Crippen LogP contribution < -0.4 is 14.8 Å². The van der Waals surface area contributed by atoms with Crippen molar-refractivity contribution in [3.05, 3.63) is 89.8 Å². The molecule has 0 saturated carbocycles. The van der Waals surface area contributed by atoms with Crippen LogP contribution in [0.15, 0.2) is 77.5 Å². The number of nitrogens with zero attached hydrogens (tertiary/aromatic N) is 2. The molecule has 3 aromatic carbocycles. The molecule has 0 radical (unpaired) electrons. The summed E-state index contributed by atoms with van der Waals surface area (Å²) in [5.74, 6) is 1.17. The molecule has 4 rings (SSSR count). The predicted molar refractivity (Wildman–Crippen MR) is 116 cm³/mol. The molecule has 7 nitrogen and oxygen atoms in total. The van der Waals surface area contributed by atoms with Gasteiger partial charge in [0.2, 0.25) is 12.3 Å². The fraction of sp³-hybridized carbons (Fsp3) is 0.125.